The molecule has 0 aliphatic rings. The van der Waals surface area contributed by atoms with Gasteiger partial charge in [0.1, 0.15) is 6.61 Å². The molecule has 0 saturated heterocycles. The lowest BCUT2D eigenvalue weighted by atomic mass is 10.2. The summed E-state index contributed by atoms with van der Waals surface area (Å²) in [6, 6.07) is 9.66. The van der Waals surface area contributed by atoms with Crippen LogP contribution in [0.5, 0.6) is 0 Å². The molecule has 1 N–H and O–H groups in total. The van der Waals surface area contributed by atoms with Gasteiger partial charge in [0.05, 0.1) is 0 Å². The molecular weight excluding hydrogens is 230 g/mol. The number of ether oxygens (including phenoxy) is 1. The summed E-state index contributed by atoms with van der Waals surface area (Å²) in [5.41, 5.74) is 0.997. The predicted octanol–water partition coefficient (Wildman–Crippen LogP) is 2.25. The summed E-state index contributed by atoms with van der Waals surface area (Å²) in [5.74, 6) is 0. The molecule has 0 unspecified atom stereocenters. The second kappa shape index (κ2) is 8.53. The maximum Gasteiger partial charge on any atom is 0.407 e. The third kappa shape index (κ3) is 5.68. The van der Waals surface area contributed by atoms with Crippen molar-refractivity contribution in [2.75, 3.05) is 26.2 Å². The van der Waals surface area contributed by atoms with Crippen molar-refractivity contribution in [2.45, 2.75) is 20.5 Å². The first kappa shape index (κ1) is 14.5. The molecular formula is C14H22N2O2. The standard InChI is InChI=1S/C14H22N2O2/c1-3-16(4-2)11-10-15-14(17)18-12-13-8-6-5-7-9-13/h5-9H,3-4,10-12H2,1-2H3,(H,15,17)/i11+2. The lowest BCUT2D eigenvalue weighted by Crippen LogP contribution is -2.35. The highest BCUT2D eigenvalue weighted by Crippen LogP contribution is 2.00. The van der Waals surface area contributed by atoms with Crippen LogP contribution in [0.25, 0.3) is 0 Å². The number of benzene rings is 1. The van der Waals surface area contributed by atoms with Gasteiger partial charge in [-0.25, -0.2) is 4.79 Å². The Balaban J connectivity index is 2.14. The average molecular weight is 252 g/mol. The predicted molar refractivity (Wildman–Crippen MR) is 72.4 cm³/mol. The lowest BCUT2D eigenvalue weighted by molar-refractivity contribution is 0.138. The second-order valence-electron chi connectivity index (χ2n) is 4.02. The number of likely N-dealkylation sites (N-methyl/N-ethyl adjacent to an activating group) is 1. The summed E-state index contributed by atoms with van der Waals surface area (Å²) in [5, 5.41) is 2.75. The molecule has 0 aliphatic carbocycles. The van der Waals surface area contributed by atoms with E-state index >= 15 is 0 Å². The number of rotatable bonds is 7. The molecule has 0 aliphatic heterocycles. The molecule has 0 spiro atoms. The fraction of sp³-hybridized carbons (Fsp3) is 0.500. The molecule has 1 aromatic rings. The highest BCUT2D eigenvalue weighted by Gasteiger charge is 2.03. The van der Waals surface area contributed by atoms with Crippen LogP contribution in [0.4, 0.5) is 4.79 Å². The number of amides is 1. The zero-order valence-corrected chi connectivity index (χ0v) is 11.2. The van der Waals surface area contributed by atoms with E-state index in [9.17, 15) is 4.79 Å². The van der Waals surface area contributed by atoms with Crippen LogP contribution in [0.3, 0.4) is 0 Å². The van der Waals surface area contributed by atoms with Gasteiger partial charge in [0.15, 0.2) is 0 Å². The van der Waals surface area contributed by atoms with E-state index in [0.29, 0.717) is 13.2 Å². The number of nitrogens with one attached hydrogen (secondary N) is 1. The van der Waals surface area contributed by atoms with Crippen molar-refractivity contribution in [1.29, 1.82) is 0 Å². The van der Waals surface area contributed by atoms with Crippen molar-refractivity contribution in [3.8, 4) is 0 Å². The molecule has 4 heteroatoms. The fourth-order valence-corrected chi connectivity index (χ4v) is 1.63. The highest BCUT2D eigenvalue weighted by atomic mass is 16.5. The quantitative estimate of drug-likeness (QED) is 0.809. The number of carbonyl (C=O) groups is 1. The summed E-state index contributed by atoms with van der Waals surface area (Å²) >= 11 is 0. The van der Waals surface area contributed by atoms with Gasteiger partial charge < -0.3 is 15.0 Å². The van der Waals surface area contributed by atoms with Crippen LogP contribution in [-0.4, -0.2) is 37.2 Å². The van der Waals surface area contributed by atoms with E-state index in [-0.39, 0.29) is 6.09 Å². The Morgan fingerprint density at radius 2 is 1.94 bits per heavy atom. The minimum absolute atomic E-state index is 0.317. The molecule has 0 heterocycles. The number of nitrogens with zero attached hydrogens (tertiary/aromatic N) is 1. The second-order valence-corrected chi connectivity index (χ2v) is 4.02. The smallest absolute Gasteiger partial charge is 0.407 e. The molecule has 0 fully saturated rings. The molecule has 0 saturated carbocycles. The van der Waals surface area contributed by atoms with Gasteiger partial charge in [0.2, 0.25) is 0 Å². The van der Waals surface area contributed by atoms with Crippen LogP contribution < -0.4 is 5.32 Å². The van der Waals surface area contributed by atoms with Gasteiger partial charge in [0, 0.05) is 13.1 Å². The highest BCUT2D eigenvalue weighted by molar-refractivity contribution is 5.67. The minimum Gasteiger partial charge on any atom is -0.445 e. The van der Waals surface area contributed by atoms with Crippen molar-refractivity contribution >= 4 is 6.09 Å². The van der Waals surface area contributed by atoms with Gasteiger partial charge in [-0.05, 0) is 18.7 Å². The van der Waals surface area contributed by atoms with E-state index < -0.39 is 0 Å². The van der Waals surface area contributed by atoms with Crippen LogP contribution in [-0.2, 0) is 11.3 Å². The molecule has 100 valence electrons. The molecule has 1 aromatic carbocycles. The number of hydrogen-bond donors (Lipinski definition) is 1. The zero-order valence-electron chi connectivity index (χ0n) is 11.2. The summed E-state index contributed by atoms with van der Waals surface area (Å²) in [6.45, 7) is 8.00. The normalized spacial score (nSPS) is 10.4. The van der Waals surface area contributed by atoms with Crippen LogP contribution >= 0.6 is 0 Å². The van der Waals surface area contributed by atoms with Gasteiger partial charge in [-0.15, -0.1) is 0 Å². The van der Waals surface area contributed by atoms with Gasteiger partial charge >= 0.3 is 6.09 Å². The van der Waals surface area contributed by atoms with Gasteiger partial charge in [-0.3, -0.25) is 0 Å². The first-order valence-corrected chi connectivity index (χ1v) is 6.43. The first-order chi connectivity index (χ1) is 8.76. The van der Waals surface area contributed by atoms with Gasteiger partial charge in [0.25, 0.3) is 0 Å². The SMILES string of the molecule is CCN(CC)[14CH2]CNC(=O)OCc1ccccc1. The van der Waals surface area contributed by atoms with Crippen LogP contribution in [0.1, 0.15) is 19.4 Å². The molecule has 0 aromatic heterocycles. The lowest BCUT2D eigenvalue weighted by Gasteiger charge is -2.17. The number of alkyl carbamates (subject to hydrolysis) is 1. The average Bonchev–Trinajstić information content (AvgIpc) is 2.42. The zero-order chi connectivity index (χ0) is 13.2. The molecule has 18 heavy (non-hydrogen) atoms. The number of carbonyl (C=O) groups excluding carboxylic acids is 1. The topological polar surface area (TPSA) is 41.6 Å². The maximum absolute atomic E-state index is 11.4. The monoisotopic (exact) mass is 252 g/mol. The van der Waals surface area contributed by atoms with E-state index in [1.54, 1.807) is 0 Å². The van der Waals surface area contributed by atoms with Crippen molar-refractivity contribution in [2.24, 2.45) is 0 Å². The summed E-state index contributed by atoms with van der Waals surface area (Å²) in [4.78, 5) is 13.7. The van der Waals surface area contributed by atoms with E-state index in [4.69, 9.17) is 4.74 Å². The Morgan fingerprint density at radius 3 is 2.56 bits per heavy atom. The van der Waals surface area contributed by atoms with E-state index in [2.05, 4.69) is 24.1 Å². The van der Waals surface area contributed by atoms with Crippen LogP contribution in [0.15, 0.2) is 30.3 Å². The Hall–Kier alpha value is -1.55. The minimum atomic E-state index is -0.356. The van der Waals surface area contributed by atoms with Crippen molar-refractivity contribution in [3.63, 3.8) is 0 Å². The Morgan fingerprint density at radius 1 is 1.28 bits per heavy atom. The van der Waals surface area contributed by atoms with Crippen molar-refractivity contribution < 1.29 is 9.53 Å². The Labute approximate surface area is 109 Å². The summed E-state index contributed by atoms with van der Waals surface area (Å²) in [6.07, 6.45) is -0.356. The summed E-state index contributed by atoms with van der Waals surface area (Å²) < 4.78 is 5.11. The number of hydrogen-bond acceptors (Lipinski definition) is 3. The van der Waals surface area contributed by atoms with E-state index in [1.165, 1.54) is 0 Å². The largest absolute Gasteiger partial charge is 0.445 e. The first-order valence-electron chi connectivity index (χ1n) is 6.43. The fourth-order valence-electron chi connectivity index (χ4n) is 1.63. The van der Waals surface area contributed by atoms with Crippen LogP contribution in [0, 0.1) is 0 Å². The van der Waals surface area contributed by atoms with Crippen molar-refractivity contribution in [3.05, 3.63) is 35.9 Å². The van der Waals surface area contributed by atoms with Gasteiger partial charge in [-0.2, -0.15) is 0 Å². The Bertz CT molecular complexity index is 337. The van der Waals surface area contributed by atoms with E-state index in [1.807, 2.05) is 30.3 Å². The molecule has 1 amide bonds. The molecule has 4 nitrogen and oxygen atoms in total. The molecule has 0 bridgehead atoms. The van der Waals surface area contributed by atoms with Crippen LogP contribution in [0.2, 0.25) is 0 Å². The maximum atomic E-state index is 11.4. The molecule has 1 rings (SSSR count). The van der Waals surface area contributed by atoms with Gasteiger partial charge in [-0.1, -0.05) is 44.2 Å². The van der Waals surface area contributed by atoms with E-state index in [0.717, 1.165) is 25.2 Å². The van der Waals surface area contributed by atoms with Crippen molar-refractivity contribution in [1.82, 2.24) is 10.2 Å². The molecule has 0 radical (unpaired) electrons. The third-order valence-corrected chi connectivity index (χ3v) is 2.80. The molecule has 0 atom stereocenters. The third-order valence-electron chi connectivity index (χ3n) is 2.80. The summed E-state index contributed by atoms with van der Waals surface area (Å²) in [7, 11) is 0. The Kier molecular flexibility index (Phi) is 6.87.